The lowest BCUT2D eigenvalue weighted by atomic mass is 9.84. The van der Waals surface area contributed by atoms with Crippen LogP contribution in [0.2, 0.25) is 0 Å². The Bertz CT molecular complexity index is 927. The topological polar surface area (TPSA) is 68.6 Å². The van der Waals surface area contributed by atoms with Crippen LogP contribution in [0, 0.1) is 17.2 Å². The van der Waals surface area contributed by atoms with Gasteiger partial charge in [0.25, 0.3) is 0 Å². The van der Waals surface area contributed by atoms with Gasteiger partial charge in [-0.2, -0.15) is 5.26 Å². The molecule has 2 aromatic rings. The number of anilines is 1. The maximum Gasteiger partial charge on any atom is 0.234 e. The molecule has 2 aromatic carbocycles. The number of piperazine rings is 1. The lowest BCUT2D eigenvalue weighted by Crippen LogP contribution is -2.47. The number of nitrogens with zero attached hydrogens (tertiary/aromatic N) is 3. The fourth-order valence-electron chi connectivity index (χ4n) is 4.94. The van der Waals surface area contributed by atoms with E-state index in [1.807, 2.05) is 48.5 Å². The van der Waals surface area contributed by atoms with Crippen molar-refractivity contribution in [3.63, 3.8) is 0 Å². The first-order valence-corrected chi connectivity index (χ1v) is 12.2. The largest absolute Gasteiger partial charge is 0.455 e. The van der Waals surface area contributed by atoms with E-state index in [0.29, 0.717) is 0 Å². The Hall–Kier alpha value is -3.04. The highest BCUT2D eigenvalue weighted by molar-refractivity contribution is 5.78. The lowest BCUT2D eigenvalue weighted by molar-refractivity contribution is -0.121. The molecular formula is C27H34N4O2. The number of nitrogens with one attached hydrogen (secondary N) is 1. The van der Waals surface area contributed by atoms with Crippen LogP contribution in [0.5, 0.6) is 11.5 Å². The molecule has 174 valence electrons. The van der Waals surface area contributed by atoms with Crippen molar-refractivity contribution in [3.8, 4) is 17.6 Å². The predicted molar refractivity (Wildman–Crippen MR) is 130 cm³/mol. The Balaban J connectivity index is 1.20. The number of nitriles is 1. The minimum Gasteiger partial charge on any atom is -0.455 e. The molecule has 33 heavy (non-hydrogen) atoms. The van der Waals surface area contributed by atoms with E-state index in [2.05, 4.69) is 27.2 Å². The Morgan fingerprint density at radius 1 is 0.970 bits per heavy atom. The molecule has 0 radical (unpaired) electrons. The van der Waals surface area contributed by atoms with Crippen LogP contribution in [-0.4, -0.2) is 49.6 Å². The summed E-state index contributed by atoms with van der Waals surface area (Å²) in [6.07, 6.45) is 5.60. The van der Waals surface area contributed by atoms with Gasteiger partial charge in [0.05, 0.1) is 11.8 Å². The number of benzene rings is 2. The van der Waals surface area contributed by atoms with Crippen molar-refractivity contribution in [1.29, 1.82) is 5.26 Å². The molecule has 6 nitrogen and oxygen atoms in total. The average molecular weight is 447 g/mol. The van der Waals surface area contributed by atoms with Crippen LogP contribution in [0.4, 0.5) is 5.69 Å². The van der Waals surface area contributed by atoms with Crippen LogP contribution >= 0.6 is 0 Å². The van der Waals surface area contributed by atoms with Gasteiger partial charge in [0.1, 0.15) is 12.2 Å². The summed E-state index contributed by atoms with van der Waals surface area (Å²) in [5.41, 5.74) is 1.16. The van der Waals surface area contributed by atoms with Gasteiger partial charge in [-0.3, -0.25) is 9.69 Å². The summed E-state index contributed by atoms with van der Waals surface area (Å²) >= 11 is 0. The van der Waals surface area contributed by atoms with Crippen LogP contribution in [0.25, 0.3) is 0 Å². The van der Waals surface area contributed by atoms with Gasteiger partial charge < -0.3 is 15.0 Å². The van der Waals surface area contributed by atoms with Gasteiger partial charge in [0, 0.05) is 32.2 Å². The smallest absolute Gasteiger partial charge is 0.234 e. The maximum absolute atomic E-state index is 11.6. The summed E-state index contributed by atoms with van der Waals surface area (Å²) in [7, 11) is 0. The summed E-state index contributed by atoms with van der Waals surface area (Å²) in [5, 5.41) is 11.6. The van der Waals surface area contributed by atoms with E-state index in [1.165, 1.54) is 19.3 Å². The van der Waals surface area contributed by atoms with Crippen LogP contribution in [0.3, 0.4) is 0 Å². The first kappa shape index (κ1) is 23.1. The first-order valence-electron chi connectivity index (χ1n) is 12.2. The number of hydrogen-bond donors (Lipinski definition) is 1. The second-order valence-corrected chi connectivity index (χ2v) is 9.12. The van der Waals surface area contributed by atoms with Gasteiger partial charge in [-0.15, -0.1) is 0 Å². The normalized spacial score (nSPS) is 21.2. The molecule has 2 fully saturated rings. The average Bonchev–Trinajstić information content (AvgIpc) is 2.85. The molecule has 0 spiro atoms. The second kappa shape index (κ2) is 11.7. The Kier molecular flexibility index (Phi) is 8.21. The summed E-state index contributed by atoms with van der Waals surface area (Å²) in [6.45, 7) is 5.30. The monoisotopic (exact) mass is 446 g/mol. The number of rotatable bonds is 8. The number of ether oxygens (including phenoxy) is 1. The molecule has 1 saturated carbocycles. The van der Waals surface area contributed by atoms with E-state index in [0.717, 1.165) is 68.7 Å². The molecule has 0 atom stereocenters. The fourth-order valence-corrected chi connectivity index (χ4v) is 4.94. The molecule has 1 saturated heterocycles. The Labute approximate surface area is 197 Å². The lowest BCUT2D eigenvalue weighted by Gasteiger charge is -2.37. The van der Waals surface area contributed by atoms with Gasteiger partial charge in [-0.05, 0) is 68.8 Å². The summed E-state index contributed by atoms with van der Waals surface area (Å²) in [4.78, 5) is 16.6. The molecule has 1 aliphatic heterocycles. The summed E-state index contributed by atoms with van der Waals surface area (Å²) in [6, 6.07) is 20.5. The minimum atomic E-state index is -0.130. The van der Waals surface area contributed by atoms with Crippen molar-refractivity contribution in [3.05, 3.63) is 54.6 Å². The van der Waals surface area contributed by atoms with Crippen molar-refractivity contribution >= 4 is 11.6 Å². The third kappa shape index (κ3) is 6.72. The fraction of sp³-hybridized carbons (Fsp3) is 0.481. The van der Waals surface area contributed by atoms with E-state index in [1.54, 1.807) is 0 Å². The zero-order valence-electron chi connectivity index (χ0n) is 19.3. The molecule has 1 aliphatic carbocycles. The molecule has 1 heterocycles. The van der Waals surface area contributed by atoms with E-state index < -0.39 is 0 Å². The summed E-state index contributed by atoms with van der Waals surface area (Å²) < 4.78 is 6.17. The SMILES string of the molecule is N#CCC(=O)NC1CCC(CCN2CCN(c3ccccc3Oc3ccccc3)CC2)CC1. The quantitative estimate of drug-likeness (QED) is 0.643. The van der Waals surface area contributed by atoms with E-state index in [-0.39, 0.29) is 18.4 Å². The summed E-state index contributed by atoms with van der Waals surface area (Å²) in [5.74, 6) is 2.39. The van der Waals surface area contributed by atoms with Gasteiger partial charge in [0.2, 0.25) is 5.91 Å². The van der Waals surface area contributed by atoms with E-state index in [9.17, 15) is 4.79 Å². The third-order valence-corrected chi connectivity index (χ3v) is 6.85. The second-order valence-electron chi connectivity index (χ2n) is 9.12. The highest BCUT2D eigenvalue weighted by Gasteiger charge is 2.24. The standard InChI is InChI=1S/C27H34N4O2/c28-16-14-27(32)29-23-12-10-22(11-13-23)15-17-30-18-20-31(21-19-30)25-8-4-5-9-26(25)33-24-6-2-1-3-7-24/h1-9,22-23H,10-15,17-21H2,(H,29,32). The van der Waals surface area contributed by atoms with Crippen molar-refractivity contribution in [1.82, 2.24) is 10.2 Å². The predicted octanol–water partition coefficient (Wildman–Crippen LogP) is 4.58. The molecule has 1 N–H and O–H groups in total. The highest BCUT2D eigenvalue weighted by Crippen LogP contribution is 2.33. The van der Waals surface area contributed by atoms with Crippen molar-refractivity contribution in [2.24, 2.45) is 5.92 Å². The number of amides is 1. The van der Waals surface area contributed by atoms with E-state index >= 15 is 0 Å². The minimum absolute atomic E-state index is 0.0330. The number of carbonyl (C=O) groups excluding carboxylic acids is 1. The number of hydrogen-bond acceptors (Lipinski definition) is 5. The van der Waals surface area contributed by atoms with Crippen LogP contribution in [0.15, 0.2) is 54.6 Å². The molecule has 0 bridgehead atoms. The molecule has 2 aliphatic rings. The van der Waals surface area contributed by atoms with Gasteiger partial charge in [-0.25, -0.2) is 0 Å². The first-order chi connectivity index (χ1) is 16.2. The zero-order valence-corrected chi connectivity index (χ0v) is 19.3. The zero-order chi connectivity index (χ0) is 22.9. The molecule has 6 heteroatoms. The van der Waals surface area contributed by atoms with E-state index in [4.69, 9.17) is 10.00 Å². The Morgan fingerprint density at radius 3 is 2.39 bits per heavy atom. The van der Waals surface area contributed by atoms with Crippen LogP contribution in [-0.2, 0) is 4.79 Å². The highest BCUT2D eigenvalue weighted by atomic mass is 16.5. The molecule has 4 rings (SSSR count). The van der Waals surface area contributed by atoms with Crippen molar-refractivity contribution in [2.75, 3.05) is 37.6 Å². The molecular weight excluding hydrogens is 412 g/mol. The molecule has 0 aromatic heterocycles. The van der Waals surface area contributed by atoms with Gasteiger partial charge in [0.15, 0.2) is 5.75 Å². The number of para-hydroxylation sites is 3. The number of carbonyl (C=O) groups is 1. The van der Waals surface area contributed by atoms with Crippen molar-refractivity contribution in [2.45, 2.75) is 44.6 Å². The Morgan fingerprint density at radius 2 is 1.67 bits per heavy atom. The van der Waals surface area contributed by atoms with Crippen LogP contribution < -0.4 is 15.0 Å². The van der Waals surface area contributed by atoms with Gasteiger partial charge in [-0.1, -0.05) is 30.3 Å². The van der Waals surface area contributed by atoms with Gasteiger partial charge >= 0.3 is 0 Å². The third-order valence-electron chi connectivity index (χ3n) is 6.85. The molecule has 1 amide bonds. The molecule has 0 unspecified atom stereocenters. The maximum atomic E-state index is 11.6. The van der Waals surface area contributed by atoms with Crippen molar-refractivity contribution < 1.29 is 9.53 Å². The van der Waals surface area contributed by atoms with Crippen LogP contribution in [0.1, 0.15) is 38.5 Å².